The second kappa shape index (κ2) is 4.51. The minimum Gasteiger partial charge on any atom is -0.472 e. The van der Waals surface area contributed by atoms with Gasteiger partial charge in [-0.15, -0.1) is 0 Å². The fourth-order valence-electron chi connectivity index (χ4n) is 1.53. The third kappa shape index (κ3) is 1.87. The van der Waals surface area contributed by atoms with Gasteiger partial charge in [0.2, 0.25) is 0 Å². The molecule has 81 valence electrons. The number of benzene rings is 1. The SMILES string of the molecule is O[B]c1cc(-c2ccoc2)c(F)cc1CO. The van der Waals surface area contributed by atoms with Gasteiger partial charge in [-0.1, -0.05) is 6.07 Å². The van der Waals surface area contributed by atoms with Gasteiger partial charge in [-0.05, 0) is 23.2 Å². The Morgan fingerprint density at radius 1 is 1.38 bits per heavy atom. The molecule has 0 spiro atoms. The zero-order chi connectivity index (χ0) is 11.5. The minimum atomic E-state index is -0.462. The van der Waals surface area contributed by atoms with Gasteiger partial charge in [-0.25, -0.2) is 4.39 Å². The molecular formula is C11H9BFO3. The third-order valence-corrected chi connectivity index (χ3v) is 2.37. The zero-order valence-corrected chi connectivity index (χ0v) is 8.35. The lowest BCUT2D eigenvalue weighted by Crippen LogP contribution is -2.20. The molecule has 0 aliphatic carbocycles. The average Bonchev–Trinajstić information content (AvgIpc) is 2.82. The Hall–Kier alpha value is -1.59. The summed E-state index contributed by atoms with van der Waals surface area (Å²) < 4.78 is 18.5. The van der Waals surface area contributed by atoms with Crippen molar-refractivity contribution in [2.24, 2.45) is 0 Å². The molecule has 0 amide bonds. The van der Waals surface area contributed by atoms with Crippen LogP contribution < -0.4 is 5.46 Å². The molecule has 0 saturated carbocycles. The summed E-state index contributed by atoms with van der Waals surface area (Å²) in [6, 6.07) is 4.29. The molecule has 1 aromatic heterocycles. The number of aliphatic hydroxyl groups excluding tert-OH is 1. The normalized spacial score (nSPS) is 10.4. The second-order valence-corrected chi connectivity index (χ2v) is 3.33. The van der Waals surface area contributed by atoms with E-state index in [1.54, 1.807) is 6.07 Å². The van der Waals surface area contributed by atoms with Gasteiger partial charge in [0.1, 0.15) is 5.82 Å². The van der Waals surface area contributed by atoms with E-state index in [0.717, 1.165) is 7.48 Å². The molecule has 0 unspecified atom stereocenters. The van der Waals surface area contributed by atoms with Crippen LogP contribution in [0.25, 0.3) is 11.1 Å². The predicted molar refractivity (Wildman–Crippen MR) is 57.6 cm³/mol. The van der Waals surface area contributed by atoms with Crippen molar-refractivity contribution in [3.63, 3.8) is 0 Å². The third-order valence-electron chi connectivity index (χ3n) is 2.37. The van der Waals surface area contributed by atoms with Crippen LogP contribution in [0.1, 0.15) is 5.56 Å². The van der Waals surface area contributed by atoms with Crippen molar-refractivity contribution < 1.29 is 18.9 Å². The first-order valence-corrected chi connectivity index (χ1v) is 4.69. The van der Waals surface area contributed by atoms with Gasteiger partial charge in [0.15, 0.2) is 0 Å². The minimum absolute atomic E-state index is 0.324. The van der Waals surface area contributed by atoms with Crippen molar-refractivity contribution in [2.45, 2.75) is 6.61 Å². The van der Waals surface area contributed by atoms with Gasteiger partial charge in [-0.3, -0.25) is 0 Å². The van der Waals surface area contributed by atoms with Gasteiger partial charge in [0, 0.05) is 11.1 Å². The molecule has 5 heteroatoms. The van der Waals surface area contributed by atoms with E-state index in [9.17, 15) is 4.39 Å². The summed E-state index contributed by atoms with van der Waals surface area (Å²) >= 11 is 0. The van der Waals surface area contributed by atoms with Crippen molar-refractivity contribution in [3.8, 4) is 11.1 Å². The molecular weight excluding hydrogens is 210 g/mol. The highest BCUT2D eigenvalue weighted by atomic mass is 19.1. The number of hydrogen-bond acceptors (Lipinski definition) is 3. The molecule has 2 aromatic rings. The van der Waals surface area contributed by atoms with Gasteiger partial charge in [0.05, 0.1) is 19.1 Å². The van der Waals surface area contributed by atoms with E-state index in [2.05, 4.69) is 0 Å². The lowest BCUT2D eigenvalue weighted by Gasteiger charge is -2.07. The van der Waals surface area contributed by atoms with Crippen LogP contribution in [0.4, 0.5) is 4.39 Å². The number of rotatable bonds is 3. The van der Waals surface area contributed by atoms with E-state index in [1.807, 2.05) is 0 Å². The van der Waals surface area contributed by atoms with Crippen LogP contribution in [-0.4, -0.2) is 17.6 Å². The Morgan fingerprint density at radius 2 is 2.19 bits per heavy atom. The van der Waals surface area contributed by atoms with E-state index in [1.165, 1.54) is 24.7 Å². The maximum Gasteiger partial charge on any atom is 0.327 e. The highest BCUT2D eigenvalue weighted by Gasteiger charge is 2.12. The predicted octanol–water partition coefficient (Wildman–Crippen LogP) is 0.815. The summed E-state index contributed by atoms with van der Waals surface area (Å²) in [7, 11) is 0.842. The highest BCUT2D eigenvalue weighted by molar-refractivity contribution is 6.46. The maximum atomic E-state index is 13.7. The summed E-state index contributed by atoms with van der Waals surface area (Å²) in [6.07, 6.45) is 2.86. The van der Waals surface area contributed by atoms with Crippen LogP contribution in [0.2, 0.25) is 0 Å². The second-order valence-electron chi connectivity index (χ2n) is 3.33. The summed E-state index contributed by atoms with van der Waals surface area (Å²) in [6.45, 7) is -0.324. The van der Waals surface area contributed by atoms with Crippen LogP contribution in [0.5, 0.6) is 0 Å². The van der Waals surface area contributed by atoms with Crippen LogP contribution in [0.15, 0.2) is 35.1 Å². The van der Waals surface area contributed by atoms with E-state index in [-0.39, 0.29) is 6.61 Å². The Labute approximate surface area is 92.4 Å². The number of hydrogen-bond donors (Lipinski definition) is 2. The van der Waals surface area contributed by atoms with E-state index >= 15 is 0 Å². The molecule has 1 aromatic carbocycles. The number of furan rings is 1. The quantitative estimate of drug-likeness (QED) is 0.751. The van der Waals surface area contributed by atoms with Gasteiger partial charge in [-0.2, -0.15) is 0 Å². The van der Waals surface area contributed by atoms with Crippen molar-refractivity contribution >= 4 is 12.9 Å². The highest BCUT2D eigenvalue weighted by Crippen LogP contribution is 2.23. The smallest absolute Gasteiger partial charge is 0.327 e. The molecule has 1 radical (unpaired) electrons. The molecule has 0 aliphatic heterocycles. The summed E-state index contributed by atoms with van der Waals surface area (Å²) in [5, 5.41) is 18.0. The molecule has 0 bridgehead atoms. The molecule has 16 heavy (non-hydrogen) atoms. The Kier molecular flexibility index (Phi) is 3.08. The van der Waals surface area contributed by atoms with E-state index in [4.69, 9.17) is 14.5 Å². The van der Waals surface area contributed by atoms with Gasteiger partial charge >= 0.3 is 7.48 Å². The van der Waals surface area contributed by atoms with E-state index < -0.39 is 5.82 Å². The first kappa shape index (κ1) is 10.9. The number of halogens is 1. The zero-order valence-electron chi connectivity index (χ0n) is 8.35. The van der Waals surface area contributed by atoms with Gasteiger partial charge < -0.3 is 14.5 Å². The molecule has 0 aliphatic rings. The topological polar surface area (TPSA) is 53.6 Å². The molecule has 2 rings (SSSR count). The fraction of sp³-hybridized carbons (Fsp3) is 0.0909. The largest absolute Gasteiger partial charge is 0.472 e. The molecule has 2 N–H and O–H groups in total. The van der Waals surface area contributed by atoms with Crippen LogP contribution >= 0.6 is 0 Å². The summed E-state index contributed by atoms with van der Waals surface area (Å²) in [5.74, 6) is -0.462. The number of aliphatic hydroxyl groups is 1. The van der Waals surface area contributed by atoms with Gasteiger partial charge in [0.25, 0.3) is 0 Å². The van der Waals surface area contributed by atoms with Crippen LogP contribution in [-0.2, 0) is 6.61 Å². The molecule has 0 fully saturated rings. The Balaban J connectivity index is 2.55. The lowest BCUT2D eigenvalue weighted by atomic mass is 9.82. The van der Waals surface area contributed by atoms with Crippen molar-refractivity contribution in [1.29, 1.82) is 0 Å². The first-order valence-electron chi connectivity index (χ1n) is 4.69. The average molecular weight is 219 g/mol. The van der Waals surface area contributed by atoms with E-state index in [0.29, 0.717) is 22.2 Å². The molecule has 1 heterocycles. The Morgan fingerprint density at radius 3 is 2.75 bits per heavy atom. The summed E-state index contributed by atoms with van der Waals surface area (Å²) in [4.78, 5) is 0. The fourth-order valence-corrected chi connectivity index (χ4v) is 1.53. The molecule has 3 nitrogen and oxygen atoms in total. The van der Waals surface area contributed by atoms with Crippen molar-refractivity contribution in [1.82, 2.24) is 0 Å². The standard InChI is InChI=1S/C11H9BFO3/c13-11-3-8(5-14)10(12-15)4-9(11)7-1-2-16-6-7/h1-4,6,14-15H,5H2. The summed E-state index contributed by atoms with van der Waals surface area (Å²) in [5.41, 5.74) is 1.64. The maximum absolute atomic E-state index is 13.7. The molecule has 0 atom stereocenters. The Bertz CT molecular complexity index is 482. The van der Waals surface area contributed by atoms with Crippen molar-refractivity contribution in [3.05, 3.63) is 42.1 Å². The first-order chi connectivity index (χ1) is 7.76. The monoisotopic (exact) mass is 219 g/mol. The molecule has 0 saturated heterocycles. The van der Waals surface area contributed by atoms with Crippen LogP contribution in [0, 0.1) is 5.82 Å². The van der Waals surface area contributed by atoms with Crippen LogP contribution in [0.3, 0.4) is 0 Å². The lowest BCUT2D eigenvalue weighted by molar-refractivity contribution is 0.282. The van der Waals surface area contributed by atoms with Crippen molar-refractivity contribution in [2.75, 3.05) is 0 Å².